The van der Waals surface area contributed by atoms with Crippen molar-refractivity contribution in [3.8, 4) is 0 Å². The van der Waals surface area contributed by atoms with Crippen LogP contribution in [-0.2, 0) is 0 Å². The first kappa shape index (κ1) is 14.8. The molecule has 1 amide bonds. The molecule has 0 saturated heterocycles. The van der Waals surface area contributed by atoms with Crippen LogP contribution in [0, 0.1) is 5.92 Å². The molecule has 2 rings (SSSR count). The third kappa shape index (κ3) is 2.65. The Bertz CT molecular complexity index is 535. The number of nitrogen functional groups attached to an aromatic ring is 1. The quantitative estimate of drug-likeness (QED) is 0.788. The number of rotatable bonds is 6. The second kappa shape index (κ2) is 5.83. The lowest BCUT2D eigenvalue weighted by atomic mass is 9.85. The third-order valence-electron chi connectivity index (χ3n) is 3.86. The maximum absolute atomic E-state index is 11.7. The molecule has 1 heterocycles. The number of nitrogens with zero attached hydrogens (tertiary/aromatic N) is 1. The van der Waals surface area contributed by atoms with E-state index < -0.39 is 5.91 Å². The van der Waals surface area contributed by atoms with Crippen molar-refractivity contribution >= 4 is 33.7 Å². The lowest BCUT2D eigenvalue weighted by Crippen LogP contribution is -2.33. The van der Waals surface area contributed by atoms with Crippen LogP contribution in [0.3, 0.4) is 0 Å². The average molecular weight is 295 g/mol. The van der Waals surface area contributed by atoms with Crippen LogP contribution in [0.15, 0.2) is 0 Å². The predicted octanol–water partition coefficient (Wildman–Crippen LogP) is 2.26. The van der Waals surface area contributed by atoms with Gasteiger partial charge in [0.2, 0.25) is 0 Å². The van der Waals surface area contributed by atoms with Gasteiger partial charge in [-0.1, -0.05) is 6.42 Å². The van der Waals surface area contributed by atoms with Crippen LogP contribution in [0.1, 0.15) is 53.1 Å². The number of primary amides is 1. The number of hydrogen-bond donors (Lipinski definition) is 2. The third-order valence-corrected chi connectivity index (χ3v) is 5.23. The zero-order valence-electron chi connectivity index (χ0n) is 11.9. The fourth-order valence-electron chi connectivity index (χ4n) is 2.50. The van der Waals surface area contributed by atoms with Gasteiger partial charge in [0.05, 0.1) is 16.1 Å². The van der Waals surface area contributed by atoms with Crippen molar-refractivity contribution in [1.82, 2.24) is 0 Å². The van der Waals surface area contributed by atoms with Crippen molar-refractivity contribution in [2.45, 2.75) is 33.1 Å². The molecular formula is C14H21N3O2S. The van der Waals surface area contributed by atoms with Crippen molar-refractivity contribution in [1.29, 1.82) is 0 Å². The molecule has 0 spiro atoms. The number of Topliss-reactive ketones (excluding diaryl/α,β-unsaturated/α-hetero) is 1. The Balaban J connectivity index is 2.38. The van der Waals surface area contributed by atoms with Gasteiger partial charge in [-0.05, 0) is 25.7 Å². The van der Waals surface area contributed by atoms with Crippen LogP contribution >= 0.6 is 11.3 Å². The van der Waals surface area contributed by atoms with Gasteiger partial charge in [-0.25, -0.2) is 0 Å². The van der Waals surface area contributed by atoms with E-state index in [1.807, 2.05) is 6.92 Å². The summed E-state index contributed by atoms with van der Waals surface area (Å²) in [7, 11) is 0. The van der Waals surface area contributed by atoms with Crippen molar-refractivity contribution in [2.24, 2.45) is 11.7 Å². The van der Waals surface area contributed by atoms with E-state index in [2.05, 4.69) is 4.90 Å². The first-order valence-electron chi connectivity index (χ1n) is 6.93. The van der Waals surface area contributed by atoms with E-state index in [9.17, 15) is 9.59 Å². The minimum Gasteiger partial charge on any atom is -0.397 e. The number of carbonyl (C=O) groups excluding carboxylic acids is 2. The van der Waals surface area contributed by atoms with Crippen LogP contribution in [0.25, 0.3) is 0 Å². The summed E-state index contributed by atoms with van der Waals surface area (Å²) in [5.41, 5.74) is 11.9. The maximum Gasteiger partial charge on any atom is 0.253 e. The number of anilines is 2. The van der Waals surface area contributed by atoms with Gasteiger partial charge in [-0.3, -0.25) is 9.59 Å². The second-order valence-corrected chi connectivity index (χ2v) is 6.28. The molecule has 1 aliphatic carbocycles. The molecule has 0 aliphatic heterocycles. The van der Waals surface area contributed by atoms with Crippen molar-refractivity contribution in [3.63, 3.8) is 0 Å². The number of carbonyl (C=O) groups is 2. The van der Waals surface area contributed by atoms with Crippen LogP contribution in [0.5, 0.6) is 0 Å². The Hall–Kier alpha value is -1.56. The summed E-state index contributed by atoms with van der Waals surface area (Å²) in [6.07, 6.45) is 3.72. The smallest absolute Gasteiger partial charge is 0.253 e. The molecule has 0 atom stereocenters. The van der Waals surface area contributed by atoms with Gasteiger partial charge in [0, 0.05) is 20.0 Å². The van der Waals surface area contributed by atoms with E-state index in [-0.39, 0.29) is 11.5 Å². The topological polar surface area (TPSA) is 89.4 Å². The Kier molecular flexibility index (Phi) is 4.32. The molecule has 5 nitrogen and oxygen atoms in total. The lowest BCUT2D eigenvalue weighted by molar-refractivity contribution is 0.100. The Morgan fingerprint density at radius 1 is 1.40 bits per heavy atom. The number of hydrogen-bond acceptors (Lipinski definition) is 5. The Morgan fingerprint density at radius 2 is 2.05 bits per heavy atom. The van der Waals surface area contributed by atoms with E-state index in [0.717, 1.165) is 18.1 Å². The van der Waals surface area contributed by atoms with E-state index in [4.69, 9.17) is 11.5 Å². The lowest BCUT2D eigenvalue weighted by Gasteiger charge is -2.32. The first-order chi connectivity index (χ1) is 9.45. The minimum atomic E-state index is -0.562. The molecule has 6 heteroatoms. The van der Waals surface area contributed by atoms with Crippen LogP contribution in [-0.4, -0.2) is 24.8 Å². The largest absolute Gasteiger partial charge is 0.397 e. The van der Waals surface area contributed by atoms with Gasteiger partial charge in [0.25, 0.3) is 5.91 Å². The van der Waals surface area contributed by atoms with Crippen molar-refractivity contribution in [2.75, 3.05) is 23.7 Å². The average Bonchev–Trinajstić information content (AvgIpc) is 2.66. The zero-order valence-corrected chi connectivity index (χ0v) is 12.8. The number of amides is 1. The normalized spacial score (nSPS) is 14.9. The fraction of sp³-hybridized carbons (Fsp3) is 0.571. The summed E-state index contributed by atoms with van der Waals surface area (Å²) >= 11 is 1.28. The molecule has 20 heavy (non-hydrogen) atoms. The van der Waals surface area contributed by atoms with Gasteiger partial charge in [0.15, 0.2) is 5.78 Å². The molecule has 1 saturated carbocycles. The highest BCUT2D eigenvalue weighted by Gasteiger charge is 2.28. The highest BCUT2D eigenvalue weighted by molar-refractivity contribution is 7.19. The number of nitrogens with two attached hydrogens (primary N) is 2. The van der Waals surface area contributed by atoms with Crippen LogP contribution in [0.4, 0.5) is 10.7 Å². The summed E-state index contributed by atoms with van der Waals surface area (Å²) in [6, 6.07) is 0. The monoisotopic (exact) mass is 295 g/mol. The van der Waals surface area contributed by atoms with E-state index in [1.54, 1.807) is 0 Å². The molecule has 110 valence electrons. The standard InChI is InChI=1S/C14H21N3O2S/c1-3-17(7-9-5-4-6-9)14-10(13(16)19)11(15)12(20-14)8(2)18/h9H,3-7,15H2,1-2H3,(H2,16,19). The summed E-state index contributed by atoms with van der Waals surface area (Å²) in [6.45, 7) is 5.16. The van der Waals surface area contributed by atoms with Gasteiger partial charge in [-0.2, -0.15) is 0 Å². The SMILES string of the molecule is CCN(CC1CCC1)c1sc(C(C)=O)c(N)c1C(N)=O. The molecule has 0 unspecified atom stereocenters. The van der Waals surface area contributed by atoms with Crippen LogP contribution in [0.2, 0.25) is 0 Å². The Labute approximate surface area is 122 Å². The molecule has 0 aromatic carbocycles. The Morgan fingerprint density at radius 3 is 2.45 bits per heavy atom. The molecule has 4 N–H and O–H groups in total. The molecule has 1 aromatic heterocycles. The van der Waals surface area contributed by atoms with Crippen molar-refractivity contribution in [3.05, 3.63) is 10.4 Å². The van der Waals surface area contributed by atoms with E-state index in [0.29, 0.717) is 16.4 Å². The predicted molar refractivity (Wildman–Crippen MR) is 82.5 cm³/mol. The second-order valence-electron chi connectivity index (χ2n) is 5.28. The van der Waals surface area contributed by atoms with Gasteiger partial charge >= 0.3 is 0 Å². The van der Waals surface area contributed by atoms with Gasteiger partial charge in [-0.15, -0.1) is 11.3 Å². The molecular weight excluding hydrogens is 274 g/mol. The van der Waals surface area contributed by atoms with Gasteiger partial charge < -0.3 is 16.4 Å². The summed E-state index contributed by atoms with van der Waals surface area (Å²) in [5.74, 6) is -0.0194. The summed E-state index contributed by atoms with van der Waals surface area (Å²) in [4.78, 5) is 25.8. The minimum absolute atomic E-state index is 0.124. The number of thiophene rings is 1. The van der Waals surface area contributed by atoms with Crippen molar-refractivity contribution < 1.29 is 9.59 Å². The molecule has 1 aliphatic rings. The molecule has 1 fully saturated rings. The van der Waals surface area contributed by atoms with Crippen LogP contribution < -0.4 is 16.4 Å². The van der Waals surface area contributed by atoms with E-state index >= 15 is 0 Å². The molecule has 1 aromatic rings. The molecule has 0 bridgehead atoms. The molecule has 0 radical (unpaired) electrons. The number of ketones is 1. The summed E-state index contributed by atoms with van der Waals surface area (Å²) in [5, 5.41) is 0.745. The fourth-order valence-corrected chi connectivity index (χ4v) is 3.69. The maximum atomic E-state index is 11.7. The first-order valence-corrected chi connectivity index (χ1v) is 7.75. The highest BCUT2D eigenvalue weighted by Crippen LogP contribution is 2.39. The summed E-state index contributed by atoms with van der Waals surface area (Å²) < 4.78 is 0. The van der Waals surface area contributed by atoms with E-state index in [1.165, 1.54) is 37.5 Å². The highest BCUT2D eigenvalue weighted by atomic mass is 32.1. The van der Waals surface area contributed by atoms with Gasteiger partial charge in [0.1, 0.15) is 5.00 Å². The zero-order chi connectivity index (χ0) is 14.9.